The zero-order valence-electron chi connectivity index (χ0n) is 23.4. The maximum absolute atomic E-state index is 14.4. The quantitative estimate of drug-likeness (QED) is 0.302. The van der Waals surface area contributed by atoms with Gasteiger partial charge in [-0.1, -0.05) is 47.2 Å². The first-order valence-electron chi connectivity index (χ1n) is 13.9. The van der Waals surface area contributed by atoms with Gasteiger partial charge in [0.2, 0.25) is 18.6 Å². The summed E-state index contributed by atoms with van der Waals surface area (Å²) < 4.78 is 18.4. The van der Waals surface area contributed by atoms with Crippen LogP contribution in [0, 0.1) is 6.92 Å². The second kappa shape index (κ2) is 11.6. The average molecular weight is 570 g/mol. The summed E-state index contributed by atoms with van der Waals surface area (Å²) in [6.45, 7) is 4.06. The van der Waals surface area contributed by atoms with Gasteiger partial charge < -0.3 is 19.5 Å². The molecule has 0 spiro atoms. The number of anilines is 1. The number of ketones is 1. The topological polar surface area (TPSA) is 125 Å². The Morgan fingerprint density at radius 3 is 2.57 bits per heavy atom. The lowest BCUT2D eigenvalue weighted by atomic mass is 9.99. The number of para-hydroxylation sites is 1. The van der Waals surface area contributed by atoms with E-state index in [2.05, 4.69) is 15.6 Å². The molecule has 2 aliphatic heterocycles. The van der Waals surface area contributed by atoms with E-state index in [9.17, 15) is 14.4 Å². The van der Waals surface area contributed by atoms with E-state index in [-0.39, 0.29) is 36.5 Å². The van der Waals surface area contributed by atoms with Gasteiger partial charge in [0, 0.05) is 24.8 Å². The van der Waals surface area contributed by atoms with Crippen molar-refractivity contribution in [2.45, 2.75) is 45.4 Å². The molecule has 216 valence electrons. The number of benzene rings is 3. The Morgan fingerprint density at radius 2 is 1.83 bits per heavy atom. The van der Waals surface area contributed by atoms with Gasteiger partial charge in [-0.05, 0) is 50.5 Å². The fraction of sp³-hybridized carbons (Fsp3) is 0.323. The molecule has 2 amide bonds. The maximum atomic E-state index is 14.4. The second-order valence-electron chi connectivity index (χ2n) is 10.5. The molecule has 1 aromatic heterocycles. The Kier molecular flexibility index (Phi) is 7.58. The third-order valence-electron chi connectivity index (χ3n) is 7.53. The third-order valence-corrected chi connectivity index (χ3v) is 7.53. The molecule has 2 atom stereocenters. The summed E-state index contributed by atoms with van der Waals surface area (Å²) in [6, 6.07) is 16.7. The zero-order valence-corrected chi connectivity index (χ0v) is 23.4. The number of Topliss-reactive ketones (excluding diaryl/α,β-unsaturated/α-hetero) is 1. The molecule has 1 saturated heterocycles. The average Bonchev–Trinajstić information content (AvgIpc) is 3.76. The number of hydrogen-bond donors (Lipinski definition) is 1. The highest BCUT2D eigenvalue weighted by molar-refractivity contribution is 6.08. The van der Waals surface area contributed by atoms with Crippen molar-refractivity contribution in [2.75, 3.05) is 24.8 Å². The van der Waals surface area contributed by atoms with E-state index < -0.39 is 17.9 Å². The SMILES string of the molecule is CC(=O)c1cc2c(cc1N(C(=O)Cn1nnc3ccccc31)[C@@H](C(=O)NC[C@H]1CCCO1)c1ccc(C)cc1)OCO2. The maximum Gasteiger partial charge on any atom is 0.249 e. The Hall–Kier alpha value is -4.77. The highest BCUT2D eigenvalue weighted by Gasteiger charge is 2.37. The van der Waals surface area contributed by atoms with Crippen molar-refractivity contribution in [2.24, 2.45) is 0 Å². The van der Waals surface area contributed by atoms with Crippen molar-refractivity contribution in [1.29, 1.82) is 0 Å². The van der Waals surface area contributed by atoms with Crippen molar-refractivity contribution in [1.82, 2.24) is 20.3 Å². The summed E-state index contributed by atoms with van der Waals surface area (Å²) in [7, 11) is 0. The number of aryl methyl sites for hydroxylation is 1. The van der Waals surface area contributed by atoms with Gasteiger partial charge in [-0.2, -0.15) is 0 Å². The number of carbonyl (C=O) groups is 3. The second-order valence-corrected chi connectivity index (χ2v) is 10.5. The van der Waals surface area contributed by atoms with E-state index in [1.54, 1.807) is 18.2 Å². The number of aromatic nitrogens is 3. The van der Waals surface area contributed by atoms with Crippen LogP contribution < -0.4 is 19.7 Å². The van der Waals surface area contributed by atoms with Gasteiger partial charge in [0.25, 0.3) is 0 Å². The van der Waals surface area contributed by atoms with Crippen LogP contribution in [0.1, 0.15) is 47.3 Å². The van der Waals surface area contributed by atoms with Gasteiger partial charge in [0.15, 0.2) is 17.3 Å². The van der Waals surface area contributed by atoms with E-state index in [4.69, 9.17) is 14.2 Å². The van der Waals surface area contributed by atoms with Crippen LogP contribution in [-0.2, 0) is 20.9 Å². The van der Waals surface area contributed by atoms with Gasteiger partial charge in [-0.15, -0.1) is 5.10 Å². The summed E-state index contributed by atoms with van der Waals surface area (Å²) >= 11 is 0. The predicted molar refractivity (Wildman–Crippen MR) is 153 cm³/mol. The molecule has 2 aliphatic rings. The highest BCUT2D eigenvalue weighted by Crippen LogP contribution is 2.41. The molecule has 1 fully saturated rings. The van der Waals surface area contributed by atoms with Crippen LogP contribution in [0.3, 0.4) is 0 Å². The van der Waals surface area contributed by atoms with Crippen molar-refractivity contribution >= 4 is 34.3 Å². The molecule has 1 N–H and O–H groups in total. The number of nitrogens with one attached hydrogen (secondary N) is 1. The molecule has 11 heteroatoms. The molecule has 6 rings (SSSR count). The van der Waals surface area contributed by atoms with E-state index in [0.29, 0.717) is 41.2 Å². The molecule has 0 aliphatic carbocycles. The number of carbonyl (C=O) groups excluding carboxylic acids is 3. The van der Waals surface area contributed by atoms with Crippen molar-refractivity contribution in [3.05, 3.63) is 77.4 Å². The summed E-state index contributed by atoms with van der Waals surface area (Å²) in [5.41, 5.74) is 3.33. The van der Waals surface area contributed by atoms with Crippen molar-refractivity contribution in [3.8, 4) is 11.5 Å². The van der Waals surface area contributed by atoms with Crippen LogP contribution in [0.5, 0.6) is 11.5 Å². The molecule has 0 unspecified atom stereocenters. The van der Waals surface area contributed by atoms with E-state index in [1.165, 1.54) is 16.5 Å². The Morgan fingerprint density at radius 1 is 1.07 bits per heavy atom. The molecular formula is C31H31N5O6. The summed E-state index contributed by atoms with van der Waals surface area (Å²) in [6.07, 6.45) is 1.67. The molecule has 0 radical (unpaired) electrons. The molecule has 3 aromatic carbocycles. The first-order chi connectivity index (χ1) is 20.4. The minimum atomic E-state index is -1.12. The van der Waals surface area contributed by atoms with Crippen LogP contribution in [0.25, 0.3) is 11.0 Å². The van der Waals surface area contributed by atoms with Crippen LogP contribution in [-0.4, -0.2) is 58.6 Å². The van der Waals surface area contributed by atoms with Gasteiger partial charge in [0.05, 0.1) is 17.3 Å². The van der Waals surface area contributed by atoms with E-state index in [0.717, 1.165) is 18.4 Å². The number of nitrogens with zero attached hydrogens (tertiary/aromatic N) is 4. The first kappa shape index (κ1) is 27.4. The molecule has 0 saturated carbocycles. The highest BCUT2D eigenvalue weighted by atomic mass is 16.7. The summed E-state index contributed by atoms with van der Waals surface area (Å²) in [5.74, 6) is -0.396. The Bertz CT molecular complexity index is 1640. The van der Waals surface area contributed by atoms with Crippen LogP contribution >= 0.6 is 0 Å². The van der Waals surface area contributed by atoms with E-state index in [1.807, 2.05) is 49.4 Å². The van der Waals surface area contributed by atoms with Crippen molar-refractivity contribution in [3.63, 3.8) is 0 Å². The fourth-order valence-electron chi connectivity index (χ4n) is 5.35. The zero-order chi connectivity index (χ0) is 29.2. The Labute approximate surface area is 242 Å². The standard InChI is InChI=1S/C31H31N5O6/c1-19-9-11-21(12-10-19)30(31(39)32-16-22-6-5-13-40-22)36(26-15-28-27(41-18-42-28)14-23(26)20(2)37)29(38)17-35-25-8-4-3-7-24(25)33-34-35/h3-4,7-12,14-15,22,30H,5-6,13,16-18H2,1-2H3,(H,32,39)/t22-,30-/m1/s1. The predicted octanol–water partition coefficient (Wildman–Crippen LogP) is 3.74. The summed E-state index contributed by atoms with van der Waals surface area (Å²) in [5, 5.41) is 11.4. The number of ether oxygens (including phenoxy) is 3. The Balaban J connectivity index is 1.47. The van der Waals surface area contributed by atoms with Gasteiger partial charge in [-0.3, -0.25) is 19.3 Å². The molecule has 3 heterocycles. The largest absolute Gasteiger partial charge is 0.454 e. The molecule has 42 heavy (non-hydrogen) atoms. The van der Waals surface area contributed by atoms with Gasteiger partial charge in [0.1, 0.15) is 18.1 Å². The van der Waals surface area contributed by atoms with Gasteiger partial charge in [-0.25, -0.2) is 4.68 Å². The normalized spacial score (nSPS) is 16.4. The van der Waals surface area contributed by atoms with Crippen molar-refractivity contribution < 1.29 is 28.6 Å². The minimum absolute atomic E-state index is 0.0156. The smallest absolute Gasteiger partial charge is 0.249 e. The minimum Gasteiger partial charge on any atom is -0.454 e. The summed E-state index contributed by atoms with van der Waals surface area (Å²) in [4.78, 5) is 42.9. The number of amides is 2. The van der Waals surface area contributed by atoms with Crippen LogP contribution in [0.15, 0.2) is 60.7 Å². The van der Waals surface area contributed by atoms with Crippen LogP contribution in [0.4, 0.5) is 5.69 Å². The molecular weight excluding hydrogens is 538 g/mol. The molecule has 4 aromatic rings. The lowest BCUT2D eigenvalue weighted by Crippen LogP contribution is -2.47. The molecule has 0 bridgehead atoms. The monoisotopic (exact) mass is 569 g/mol. The molecule has 11 nitrogen and oxygen atoms in total. The first-order valence-corrected chi connectivity index (χ1v) is 13.9. The van der Waals surface area contributed by atoms with Gasteiger partial charge >= 0.3 is 0 Å². The lowest BCUT2D eigenvalue weighted by molar-refractivity contribution is -0.127. The van der Waals surface area contributed by atoms with Crippen LogP contribution in [0.2, 0.25) is 0 Å². The third kappa shape index (κ3) is 5.42. The van der Waals surface area contributed by atoms with E-state index >= 15 is 0 Å². The number of fused-ring (bicyclic) bond motifs is 2. The lowest BCUT2D eigenvalue weighted by Gasteiger charge is -2.33. The number of rotatable bonds is 9. The number of hydrogen-bond acceptors (Lipinski definition) is 8. The fourth-order valence-corrected chi connectivity index (χ4v) is 5.35.